The average Bonchev–Trinajstić information content (AvgIpc) is 2.68. The van der Waals surface area contributed by atoms with Crippen LogP contribution in [0, 0.1) is 25.2 Å². The Kier molecular flexibility index (Phi) is 2.81. The van der Waals surface area contributed by atoms with E-state index in [0.717, 1.165) is 6.42 Å². The van der Waals surface area contributed by atoms with E-state index < -0.39 is 15.9 Å². The monoisotopic (exact) mass is 271 g/mol. The molecule has 0 bridgehead atoms. The summed E-state index contributed by atoms with van der Waals surface area (Å²) in [5.74, 6) is 0.147. The first kappa shape index (κ1) is 13.1. The molecule has 0 saturated heterocycles. The van der Waals surface area contributed by atoms with Crippen molar-refractivity contribution in [2.24, 2.45) is 11.3 Å². The zero-order valence-electron chi connectivity index (χ0n) is 10.9. The second-order valence-corrected chi connectivity index (χ2v) is 7.14. The summed E-state index contributed by atoms with van der Waals surface area (Å²) >= 11 is 0. The molecule has 6 heteroatoms. The van der Waals surface area contributed by atoms with E-state index in [4.69, 9.17) is 4.42 Å². The molecule has 1 N–H and O–H groups in total. The lowest BCUT2D eigenvalue weighted by Gasteiger charge is -2.06. The third kappa shape index (κ3) is 2.29. The van der Waals surface area contributed by atoms with Crippen molar-refractivity contribution >= 4 is 15.9 Å². The molecule has 1 heterocycles. The zero-order chi connectivity index (χ0) is 13.7. The summed E-state index contributed by atoms with van der Waals surface area (Å²) in [5.41, 5.74) is -0.0963. The van der Waals surface area contributed by atoms with Gasteiger partial charge < -0.3 is 4.42 Å². The molecule has 5 nitrogen and oxygen atoms in total. The molecule has 1 atom stereocenters. The summed E-state index contributed by atoms with van der Waals surface area (Å²) in [6.45, 7) is 7.11. The first-order valence-electron chi connectivity index (χ1n) is 5.77. The quantitative estimate of drug-likeness (QED) is 0.908. The van der Waals surface area contributed by atoms with Crippen LogP contribution in [0.2, 0.25) is 0 Å². The Labute approximate surface area is 107 Å². The van der Waals surface area contributed by atoms with Crippen molar-refractivity contribution in [1.82, 2.24) is 4.72 Å². The molecular weight excluding hydrogens is 254 g/mol. The molecular formula is C12H17NO4S. The van der Waals surface area contributed by atoms with E-state index in [1.54, 1.807) is 13.8 Å². The fourth-order valence-corrected chi connectivity index (χ4v) is 3.31. The highest BCUT2D eigenvalue weighted by Crippen LogP contribution is 2.51. The van der Waals surface area contributed by atoms with Crippen LogP contribution in [0.15, 0.2) is 15.4 Å². The maximum Gasteiger partial charge on any atom is 0.267 e. The van der Waals surface area contributed by atoms with Gasteiger partial charge in [0, 0.05) is 12.0 Å². The smallest absolute Gasteiger partial charge is 0.267 e. The summed E-state index contributed by atoms with van der Waals surface area (Å²) in [6, 6.07) is 1.42. The minimum absolute atomic E-state index is 0.0341. The van der Waals surface area contributed by atoms with Crippen molar-refractivity contribution < 1.29 is 17.6 Å². The largest absolute Gasteiger partial charge is 0.465 e. The molecule has 0 aliphatic heterocycles. The van der Waals surface area contributed by atoms with Gasteiger partial charge in [-0.3, -0.25) is 4.79 Å². The highest BCUT2D eigenvalue weighted by Gasteiger charge is 2.51. The molecule has 0 radical (unpaired) electrons. The van der Waals surface area contributed by atoms with Crippen LogP contribution in [0.4, 0.5) is 0 Å². The third-order valence-electron chi connectivity index (χ3n) is 3.35. The van der Waals surface area contributed by atoms with Gasteiger partial charge in [0.25, 0.3) is 10.0 Å². The van der Waals surface area contributed by atoms with Gasteiger partial charge in [-0.15, -0.1) is 0 Å². The summed E-state index contributed by atoms with van der Waals surface area (Å²) < 4.78 is 31.3. The number of hydrogen-bond donors (Lipinski definition) is 1. The SMILES string of the molecule is Cc1cc(S(=O)(=O)NC(=O)[C@H]2CC2(C)C)c(C)o1. The molecule has 18 heavy (non-hydrogen) atoms. The summed E-state index contributed by atoms with van der Waals surface area (Å²) in [5, 5.41) is 0. The fourth-order valence-electron chi connectivity index (χ4n) is 2.05. The zero-order valence-corrected chi connectivity index (χ0v) is 11.7. The van der Waals surface area contributed by atoms with Crippen LogP contribution in [0.25, 0.3) is 0 Å². The lowest BCUT2D eigenvalue weighted by molar-refractivity contribution is -0.121. The van der Waals surface area contributed by atoms with Gasteiger partial charge in [-0.25, -0.2) is 13.1 Å². The highest BCUT2D eigenvalue weighted by atomic mass is 32.2. The normalized spacial score (nSPS) is 21.7. The predicted molar refractivity (Wildman–Crippen MR) is 65.4 cm³/mol. The van der Waals surface area contributed by atoms with Gasteiger partial charge in [0.2, 0.25) is 5.91 Å². The van der Waals surface area contributed by atoms with E-state index in [9.17, 15) is 13.2 Å². The average molecular weight is 271 g/mol. The summed E-state index contributed by atoms with van der Waals surface area (Å²) in [6.07, 6.45) is 0.720. The first-order valence-corrected chi connectivity index (χ1v) is 7.25. The Hall–Kier alpha value is -1.30. The Morgan fingerprint density at radius 3 is 2.39 bits per heavy atom. The molecule has 1 aromatic heterocycles. The van der Waals surface area contributed by atoms with Crippen molar-refractivity contribution in [2.75, 3.05) is 0 Å². The number of nitrogens with one attached hydrogen (secondary N) is 1. The number of carbonyl (C=O) groups excluding carboxylic acids is 1. The molecule has 1 amide bonds. The minimum atomic E-state index is -3.82. The molecule has 1 aliphatic rings. The van der Waals surface area contributed by atoms with Crippen molar-refractivity contribution in [3.05, 3.63) is 17.6 Å². The van der Waals surface area contributed by atoms with Crippen LogP contribution in [0.1, 0.15) is 31.8 Å². The van der Waals surface area contributed by atoms with Crippen molar-refractivity contribution in [1.29, 1.82) is 0 Å². The Bertz CT molecular complexity index is 598. The Balaban J connectivity index is 2.18. The first-order chi connectivity index (χ1) is 8.13. The van der Waals surface area contributed by atoms with E-state index in [1.165, 1.54) is 6.07 Å². The van der Waals surface area contributed by atoms with E-state index in [1.807, 2.05) is 13.8 Å². The molecule has 1 aromatic rings. The van der Waals surface area contributed by atoms with Gasteiger partial charge >= 0.3 is 0 Å². The molecule has 0 unspecified atom stereocenters. The van der Waals surface area contributed by atoms with Gasteiger partial charge in [-0.2, -0.15) is 0 Å². The Morgan fingerprint density at radius 1 is 1.44 bits per heavy atom. The molecule has 2 rings (SSSR count). The van der Waals surface area contributed by atoms with E-state index in [0.29, 0.717) is 11.5 Å². The number of aryl methyl sites for hydroxylation is 2. The minimum Gasteiger partial charge on any atom is -0.465 e. The number of carbonyl (C=O) groups is 1. The van der Waals surface area contributed by atoms with Gasteiger partial charge in [-0.05, 0) is 25.7 Å². The standard InChI is InChI=1S/C12H17NO4S/c1-7-5-10(8(2)17-7)18(15,16)13-11(14)9-6-12(9,3)4/h5,9H,6H2,1-4H3,(H,13,14)/t9-/m1/s1. The lowest BCUT2D eigenvalue weighted by Crippen LogP contribution is -2.32. The second kappa shape index (κ2) is 3.85. The lowest BCUT2D eigenvalue weighted by atomic mass is 10.1. The van der Waals surface area contributed by atoms with Gasteiger partial charge in [0.15, 0.2) is 0 Å². The second-order valence-electron chi connectivity index (χ2n) is 5.49. The maximum absolute atomic E-state index is 12.0. The molecule has 100 valence electrons. The van der Waals surface area contributed by atoms with Gasteiger partial charge in [0.05, 0.1) is 0 Å². The van der Waals surface area contributed by atoms with E-state index in [-0.39, 0.29) is 16.2 Å². The summed E-state index contributed by atoms with van der Waals surface area (Å²) in [7, 11) is -3.82. The van der Waals surface area contributed by atoms with Crippen LogP contribution in [-0.2, 0) is 14.8 Å². The van der Waals surface area contributed by atoms with Gasteiger partial charge in [0.1, 0.15) is 16.4 Å². The fraction of sp³-hybridized carbons (Fsp3) is 0.583. The molecule has 0 spiro atoms. The van der Waals surface area contributed by atoms with E-state index >= 15 is 0 Å². The van der Waals surface area contributed by atoms with Gasteiger partial charge in [-0.1, -0.05) is 13.8 Å². The number of amides is 1. The van der Waals surface area contributed by atoms with E-state index in [2.05, 4.69) is 4.72 Å². The molecule has 0 aromatic carbocycles. The van der Waals surface area contributed by atoms with Crippen LogP contribution >= 0.6 is 0 Å². The molecule has 1 fully saturated rings. The van der Waals surface area contributed by atoms with Crippen LogP contribution in [-0.4, -0.2) is 14.3 Å². The van der Waals surface area contributed by atoms with Crippen LogP contribution in [0.5, 0.6) is 0 Å². The number of sulfonamides is 1. The summed E-state index contributed by atoms with van der Waals surface area (Å²) in [4.78, 5) is 11.8. The highest BCUT2D eigenvalue weighted by molar-refractivity contribution is 7.90. The predicted octanol–water partition coefficient (Wildman–Crippen LogP) is 1.75. The van der Waals surface area contributed by atoms with Crippen molar-refractivity contribution in [3.8, 4) is 0 Å². The number of hydrogen-bond acceptors (Lipinski definition) is 4. The molecule has 1 aliphatic carbocycles. The van der Waals surface area contributed by atoms with Crippen LogP contribution in [0.3, 0.4) is 0 Å². The van der Waals surface area contributed by atoms with Crippen molar-refractivity contribution in [2.45, 2.75) is 39.0 Å². The third-order valence-corrected chi connectivity index (χ3v) is 4.80. The van der Waals surface area contributed by atoms with Crippen molar-refractivity contribution in [3.63, 3.8) is 0 Å². The molecule has 1 saturated carbocycles. The van der Waals surface area contributed by atoms with Crippen LogP contribution < -0.4 is 4.72 Å². The topological polar surface area (TPSA) is 76.4 Å². The maximum atomic E-state index is 12.0. The number of rotatable bonds is 3. The Morgan fingerprint density at radius 2 is 2.00 bits per heavy atom. The number of furan rings is 1.